The van der Waals surface area contributed by atoms with Gasteiger partial charge in [0.2, 0.25) is 5.91 Å². The van der Waals surface area contributed by atoms with Gasteiger partial charge in [-0.05, 0) is 34.7 Å². The topological polar surface area (TPSA) is 29.1 Å². The minimum absolute atomic E-state index is 0.123. The van der Waals surface area contributed by atoms with Gasteiger partial charge in [-0.15, -0.1) is 0 Å². The molecule has 0 saturated heterocycles. The number of hydrogen-bond donors (Lipinski definition) is 1. The van der Waals surface area contributed by atoms with E-state index in [0.717, 1.165) is 17.3 Å². The van der Waals surface area contributed by atoms with Crippen molar-refractivity contribution in [1.82, 2.24) is 5.32 Å². The fraction of sp³-hybridized carbons (Fsp3) is 0.583. The van der Waals surface area contributed by atoms with Gasteiger partial charge >= 0.3 is 0 Å². The van der Waals surface area contributed by atoms with Gasteiger partial charge in [-0.2, -0.15) is 11.3 Å². The third-order valence-corrected chi connectivity index (χ3v) is 3.71. The van der Waals surface area contributed by atoms with Crippen LogP contribution in [0, 0.1) is 5.92 Å². The van der Waals surface area contributed by atoms with E-state index in [9.17, 15) is 4.79 Å². The minimum Gasteiger partial charge on any atom is -0.353 e. The Bertz CT molecular complexity index is 311. The average Bonchev–Trinajstić information content (AvgIpc) is 2.69. The number of carbonyl (C=O) groups is 1. The third-order valence-electron chi connectivity index (χ3n) is 2.52. The van der Waals surface area contributed by atoms with E-state index in [0.29, 0.717) is 12.3 Å². The summed E-state index contributed by atoms with van der Waals surface area (Å²) in [5.41, 5.74) is 1.10. The summed E-state index contributed by atoms with van der Waals surface area (Å²) in [6.07, 6.45) is 1.47. The number of rotatable bonds is 6. The summed E-state index contributed by atoms with van der Waals surface area (Å²) < 4.78 is 0. The average molecular weight is 304 g/mol. The normalized spacial score (nSPS) is 12.8. The van der Waals surface area contributed by atoms with Crippen LogP contribution in [0.2, 0.25) is 0 Å². The molecule has 1 aromatic heterocycles. The molecule has 16 heavy (non-hydrogen) atoms. The summed E-state index contributed by atoms with van der Waals surface area (Å²) in [7, 11) is 0. The Morgan fingerprint density at radius 1 is 1.56 bits per heavy atom. The highest BCUT2D eigenvalue weighted by atomic mass is 79.9. The SMILES string of the molecule is CC(C)C(CCBr)NC(=O)Cc1ccsc1. The molecule has 2 nitrogen and oxygen atoms in total. The summed E-state index contributed by atoms with van der Waals surface area (Å²) in [4.78, 5) is 11.8. The number of hydrogen-bond acceptors (Lipinski definition) is 2. The number of alkyl halides is 1. The van der Waals surface area contributed by atoms with Gasteiger partial charge in [0.05, 0.1) is 6.42 Å². The molecule has 0 aliphatic heterocycles. The van der Waals surface area contributed by atoms with Crippen LogP contribution in [-0.4, -0.2) is 17.3 Å². The van der Waals surface area contributed by atoms with Gasteiger partial charge in [-0.3, -0.25) is 4.79 Å². The summed E-state index contributed by atoms with van der Waals surface area (Å²) in [5, 5.41) is 8.04. The fourth-order valence-electron chi connectivity index (χ4n) is 1.53. The van der Waals surface area contributed by atoms with Crippen molar-refractivity contribution in [2.75, 3.05) is 5.33 Å². The van der Waals surface area contributed by atoms with Crippen molar-refractivity contribution in [2.24, 2.45) is 5.92 Å². The largest absolute Gasteiger partial charge is 0.353 e. The number of halogens is 1. The van der Waals surface area contributed by atoms with Crippen LogP contribution in [0.15, 0.2) is 16.8 Å². The minimum atomic E-state index is 0.123. The van der Waals surface area contributed by atoms with E-state index in [4.69, 9.17) is 0 Å². The lowest BCUT2D eigenvalue weighted by molar-refractivity contribution is -0.121. The van der Waals surface area contributed by atoms with Crippen LogP contribution in [0.1, 0.15) is 25.8 Å². The van der Waals surface area contributed by atoms with Crippen LogP contribution in [0.4, 0.5) is 0 Å². The van der Waals surface area contributed by atoms with Crippen molar-refractivity contribution >= 4 is 33.2 Å². The molecule has 0 spiro atoms. The maximum Gasteiger partial charge on any atom is 0.224 e. The molecule has 0 bridgehead atoms. The van der Waals surface area contributed by atoms with Crippen molar-refractivity contribution in [3.05, 3.63) is 22.4 Å². The molecular formula is C12H18BrNOS. The highest BCUT2D eigenvalue weighted by Gasteiger charge is 2.15. The fourth-order valence-corrected chi connectivity index (χ4v) is 2.69. The Morgan fingerprint density at radius 3 is 2.81 bits per heavy atom. The molecule has 0 aliphatic carbocycles. The second kappa shape index (κ2) is 7.07. The van der Waals surface area contributed by atoms with Crippen LogP contribution in [0.3, 0.4) is 0 Å². The highest BCUT2D eigenvalue weighted by molar-refractivity contribution is 9.09. The predicted molar refractivity (Wildman–Crippen MR) is 73.2 cm³/mol. The van der Waals surface area contributed by atoms with Crippen LogP contribution >= 0.6 is 27.3 Å². The van der Waals surface area contributed by atoms with Crippen molar-refractivity contribution in [3.8, 4) is 0 Å². The van der Waals surface area contributed by atoms with Crippen LogP contribution < -0.4 is 5.32 Å². The van der Waals surface area contributed by atoms with E-state index < -0.39 is 0 Å². The first kappa shape index (κ1) is 13.7. The number of amides is 1. The lowest BCUT2D eigenvalue weighted by atomic mass is 10.0. The van der Waals surface area contributed by atoms with Gasteiger partial charge in [0, 0.05) is 11.4 Å². The second-order valence-corrected chi connectivity index (χ2v) is 5.78. The number of carbonyl (C=O) groups excluding carboxylic acids is 1. The third kappa shape index (κ3) is 4.66. The predicted octanol–water partition coefficient (Wildman–Crippen LogP) is 3.22. The monoisotopic (exact) mass is 303 g/mol. The zero-order valence-corrected chi connectivity index (χ0v) is 12.1. The van der Waals surface area contributed by atoms with E-state index in [2.05, 4.69) is 35.1 Å². The Kier molecular flexibility index (Phi) is 6.06. The molecule has 4 heteroatoms. The maximum absolute atomic E-state index is 11.8. The Balaban J connectivity index is 2.42. The molecule has 1 aromatic rings. The second-order valence-electron chi connectivity index (χ2n) is 4.20. The Labute approximate surface area is 110 Å². The van der Waals surface area contributed by atoms with Gasteiger partial charge in [0.25, 0.3) is 0 Å². The quantitative estimate of drug-likeness (QED) is 0.803. The molecule has 1 amide bonds. The van der Waals surface area contributed by atoms with E-state index in [-0.39, 0.29) is 11.9 Å². The Hall–Kier alpha value is -0.350. The summed E-state index contributed by atoms with van der Waals surface area (Å²) in [6.45, 7) is 4.27. The van der Waals surface area contributed by atoms with Crippen LogP contribution in [0.25, 0.3) is 0 Å². The van der Waals surface area contributed by atoms with Gasteiger partial charge in [0.1, 0.15) is 0 Å². The van der Waals surface area contributed by atoms with Gasteiger partial charge in [0.15, 0.2) is 0 Å². The molecular weight excluding hydrogens is 286 g/mol. The number of nitrogens with one attached hydrogen (secondary N) is 1. The first-order valence-corrected chi connectivity index (χ1v) is 7.56. The van der Waals surface area contributed by atoms with Gasteiger partial charge < -0.3 is 5.32 Å². The lowest BCUT2D eigenvalue weighted by Crippen LogP contribution is -2.39. The van der Waals surface area contributed by atoms with Crippen molar-refractivity contribution in [3.63, 3.8) is 0 Å². The van der Waals surface area contributed by atoms with E-state index in [1.807, 2.05) is 16.8 Å². The van der Waals surface area contributed by atoms with E-state index >= 15 is 0 Å². The molecule has 90 valence electrons. The summed E-state index contributed by atoms with van der Waals surface area (Å²) in [6, 6.07) is 2.27. The van der Waals surface area contributed by atoms with Crippen molar-refractivity contribution in [2.45, 2.75) is 32.7 Å². The van der Waals surface area contributed by atoms with E-state index in [1.54, 1.807) is 11.3 Å². The molecule has 1 heterocycles. The molecule has 1 atom stereocenters. The summed E-state index contributed by atoms with van der Waals surface area (Å²) in [5.74, 6) is 0.599. The van der Waals surface area contributed by atoms with E-state index in [1.165, 1.54) is 0 Å². The smallest absolute Gasteiger partial charge is 0.224 e. The molecule has 0 aliphatic rings. The van der Waals surface area contributed by atoms with Gasteiger partial charge in [-0.25, -0.2) is 0 Å². The molecule has 0 fully saturated rings. The highest BCUT2D eigenvalue weighted by Crippen LogP contribution is 2.10. The molecule has 0 aromatic carbocycles. The number of thiophene rings is 1. The van der Waals surface area contributed by atoms with Gasteiger partial charge in [-0.1, -0.05) is 29.8 Å². The first-order chi connectivity index (χ1) is 7.63. The lowest BCUT2D eigenvalue weighted by Gasteiger charge is -2.21. The summed E-state index contributed by atoms with van der Waals surface area (Å²) >= 11 is 5.05. The van der Waals surface area contributed by atoms with Crippen LogP contribution in [0.5, 0.6) is 0 Å². The zero-order chi connectivity index (χ0) is 12.0. The zero-order valence-electron chi connectivity index (χ0n) is 9.70. The maximum atomic E-state index is 11.8. The molecule has 1 N–H and O–H groups in total. The van der Waals surface area contributed by atoms with Crippen LogP contribution in [-0.2, 0) is 11.2 Å². The first-order valence-electron chi connectivity index (χ1n) is 5.50. The molecule has 0 radical (unpaired) electrons. The standard InChI is InChI=1S/C12H18BrNOS/c1-9(2)11(3-5-13)14-12(15)7-10-4-6-16-8-10/h4,6,8-9,11H,3,5,7H2,1-2H3,(H,14,15). The van der Waals surface area contributed by atoms with Crippen molar-refractivity contribution in [1.29, 1.82) is 0 Å². The molecule has 1 rings (SSSR count). The molecule has 0 saturated carbocycles. The molecule has 1 unspecified atom stereocenters. The van der Waals surface area contributed by atoms with Crippen molar-refractivity contribution < 1.29 is 4.79 Å². The Morgan fingerprint density at radius 2 is 2.31 bits per heavy atom.